The van der Waals surface area contributed by atoms with Gasteiger partial charge in [0.2, 0.25) is 0 Å². The number of fused-ring (bicyclic) bond motifs is 1. The number of carbonyl (C=O) groups excluding carboxylic acids is 1. The molecule has 0 unspecified atom stereocenters. The normalized spacial score (nSPS) is 21.3. The molecule has 0 amide bonds. The molecule has 34 heavy (non-hydrogen) atoms. The average molecular weight is 472 g/mol. The minimum Gasteiger partial charge on any atom is -0.469 e. The van der Waals surface area contributed by atoms with Gasteiger partial charge in [0.25, 0.3) is 0 Å². The van der Waals surface area contributed by atoms with Gasteiger partial charge in [-0.15, -0.1) is 0 Å². The highest BCUT2D eigenvalue weighted by atomic mass is 32.2. The van der Waals surface area contributed by atoms with Gasteiger partial charge in [-0.2, -0.15) is 0 Å². The van der Waals surface area contributed by atoms with Crippen molar-refractivity contribution in [3.63, 3.8) is 0 Å². The van der Waals surface area contributed by atoms with Gasteiger partial charge in [-0.25, -0.2) is 0 Å². The van der Waals surface area contributed by atoms with Crippen LogP contribution in [0, 0.1) is 18.8 Å². The number of anilines is 1. The fraction of sp³-hybridized carbons (Fsp3) is 0.300. The summed E-state index contributed by atoms with van der Waals surface area (Å²) >= 11 is 1.72. The van der Waals surface area contributed by atoms with Crippen LogP contribution in [0.3, 0.4) is 0 Å². The minimum absolute atomic E-state index is 0.0173. The molecule has 1 aliphatic carbocycles. The van der Waals surface area contributed by atoms with E-state index in [0.29, 0.717) is 5.92 Å². The lowest BCUT2D eigenvalue weighted by molar-refractivity contribution is -0.146. The monoisotopic (exact) mass is 471 g/mol. The Morgan fingerprint density at radius 2 is 1.74 bits per heavy atom. The van der Waals surface area contributed by atoms with Gasteiger partial charge in [0.15, 0.2) is 0 Å². The molecule has 0 atom stereocenters. The largest absolute Gasteiger partial charge is 0.469 e. The van der Waals surface area contributed by atoms with Gasteiger partial charge < -0.3 is 9.64 Å². The molecule has 1 aliphatic heterocycles. The molecule has 3 nitrogen and oxygen atoms in total. The summed E-state index contributed by atoms with van der Waals surface area (Å²) in [6.45, 7) is 6.52. The number of thioether (sulfide) groups is 1. The summed E-state index contributed by atoms with van der Waals surface area (Å²) in [5.74, 6) is 0.334. The predicted molar refractivity (Wildman–Crippen MR) is 144 cm³/mol. The number of esters is 1. The summed E-state index contributed by atoms with van der Waals surface area (Å²) in [5, 5.41) is 0. The third-order valence-corrected chi connectivity index (χ3v) is 7.85. The number of hydrogen-bond acceptors (Lipinski definition) is 4. The van der Waals surface area contributed by atoms with Crippen LogP contribution in [0.15, 0.2) is 94.9 Å². The number of methoxy groups -OCH3 is 1. The number of nitrogens with zero attached hydrogens (tertiary/aromatic N) is 1. The van der Waals surface area contributed by atoms with Crippen LogP contribution in [-0.4, -0.2) is 20.1 Å². The lowest BCUT2D eigenvalue weighted by Crippen LogP contribution is -2.23. The molecule has 1 fully saturated rings. The number of carbonyl (C=O) groups is 1. The zero-order valence-electron chi connectivity index (χ0n) is 20.3. The molecule has 1 saturated carbocycles. The molecule has 4 heteroatoms. The third-order valence-electron chi connectivity index (χ3n) is 6.79. The molecule has 1 heterocycles. The maximum absolute atomic E-state index is 12.1. The number of aryl methyl sites for hydroxylation is 1. The molecule has 2 aromatic rings. The van der Waals surface area contributed by atoms with Crippen LogP contribution in [0.2, 0.25) is 0 Å². The standard InChI is InChI=1S/C30H33NO2S/c1-21-9-5-8-12-29(21)34-22(2)19-26(23-13-15-24(16-14-23)30(32)33-4)20-25-17-18-31(3)28-11-7-6-10-27(25)28/h5-12,17-20,23-24H,2,13-16H2,1,3-4H3/b25-20+,26-19-. The third kappa shape index (κ3) is 5.56. The molecule has 0 aromatic heterocycles. The van der Waals surface area contributed by atoms with E-state index in [4.69, 9.17) is 4.74 Å². The van der Waals surface area contributed by atoms with E-state index in [-0.39, 0.29) is 11.9 Å². The summed E-state index contributed by atoms with van der Waals surface area (Å²) in [6, 6.07) is 16.9. The summed E-state index contributed by atoms with van der Waals surface area (Å²) in [6.07, 6.45) is 12.6. The number of rotatable bonds is 6. The Balaban J connectivity index is 1.65. The van der Waals surface area contributed by atoms with Gasteiger partial charge in [0.05, 0.1) is 13.0 Å². The van der Waals surface area contributed by atoms with E-state index in [1.807, 2.05) is 0 Å². The van der Waals surface area contributed by atoms with Crippen LogP contribution < -0.4 is 4.90 Å². The fourth-order valence-electron chi connectivity index (χ4n) is 4.83. The smallest absolute Gasteiger partial charge is 0.308 e. The van der Waals surface area contributed by atoms with Crippen molar-refractivity contribution < 1.29 is 9.53 Å². The molecule has 2 aromatic carbocycles. The highest BCUT2D eigenvalue weighted by Gasteiger charge is 2.28. The Labute approximate surface area is 207 Å². The van der Waals surface area contributed by atoms with Crippen LogP contribution in [0.5, 0.6) is 0 Å². The van der Waals surface area contributed by atoms with Crippen LogP contribution in [0.1, 0.15) is 36.8 Å². The first kappa shape index (κ1) is 24.2. The molecule has 2 aliphatic rings. The lowest BCUT2D eigenvalue weighted by Gasteiger charge is -2.29. The molecule has 176 valence electrons. The molecule has 0 saturated heterocycles. The van der Waals surface area contributed by atoms with Crippen LogP contribution >= 0.6 is 11.8 Å². The van der Waals surface area contributed by atoms with Crippen molar-refractivity contribution in [1.82, 2.24) is 0 Å². The zero-order chi connectivity index (χ0) is 24.1. The van der Waals surface area contributed by atoms with Gasteiger partial charge >= 0.3 is 5.97 Å². The van der Waals surface area contributed by atoms with E-state index in [1.165, 1.54) is 40.0 Å². The Hall–Kier alpha value is -2.98. The first-order valence-electron chi connectivity index (χ1n) is 11.9. The number of benzene rings is 2. The lowest BCUT2D eigenvalue weighted by atomic mass is 9.77. The van der Waals surface area contributed by atoms with Crippen molar-refractivity contribution in [2.75, 3.05) is 19.1 Å². The molecular formula is C30H33NO2S. The van der Waals surface area contributed by atoms with E-state index in [1.54, 1.807) is 11.8 Å². The summed E-state index contributed by atoms with van der Waals surface area (Å²) in [5.41, 5.74) is 6.20. The molecule has 0 spiro atoms. The highest BCUT2D eigenvalue weighted by Crippen LogP contribution is 2.40. The second-order valence-corrected chi connectivity index (χ2v) is 10.3. The van der Waals surface area contributed by atoms with Crippen molar-refractivity contribution in [1.29, 1.82) is 0 Å². The fourth-order valence-corrected chi connectivity index (χ4v) is 5.68. The van der Waals surface area contributed by atoms with E-state index >= 15 is 0 Å². The van der Waals surface area contributed by atoms with Crippen LogP contribution in [0.4, 0.5) is 5.69 Å². The average Bonchev–Trinajstić information content (AvgIpc) is 2.86. The number of hydrogen-bond donors (Lipinski definition) is 0. The van der Waals surface area contributed by atoms with Crippen molar-refractivity contribution in [3.8, 4) is 0 Å². The van der Waals surface area contributed by atoms with Gasteiger partial charge in [0, 0.05) is 34.3 Å². The maximum atomic E-state index is 12.1. The Morgan fingerprint density at radius 1 is 1.06 bits per heavy atom. The van der Waals surface area contributed by atoms with Crippen LogP contribution in [0.25, 0.3) is 5.57 Å². The first-order chi connectivity index (χ1) is 16.5. The summed E-state index contributed by atoms with van der Waals surface area (Å²) in [7, 11) is 3.57. The van der Waals surface area contributed by atoms with Crippen molar-refractivity contribution in [2.24, 2.45) is 11.8 Å². The zero-order valence-corrected chi connectivity index (χ0v) is 21.1. The summed E-state index contributed by atoms with van der Waals surface area (Å²) in [4.78, 5) is 16.5. The SMILES string of the molecule is C=C(/C=C(/C=C1\C=CN(C)c2ccccc21)C1CCC(C(=O)OC)CC1)Sc1ccccc1C. The van der Waals surface area contributed by atoms with Gasteiger partial charge in [0.1, 0.15) is 0 Å². The molecule has 4 rings (SSSR count). The minimum atomic E-state index is -0.0750. The number of para-hydroxylation sites is 1. The molecule has 0 bridgehead atoms. The highest BCUT2D eigenvalue weighted by molar-refractivity contribution is 8.03. The van der Waals surface area contributed by atoms with E-state index in [0.717, 1.165) is 30.6 Å². The van der Waals surface area contributed by atoms with Crippen molar-refractivity contribution in [2.45, 2.75) is 37.5 Å². The molecule has 0 N–H and O–H groups in total. The quantitative estimate of drug-likeness (QED) is 0.247. The Kier molecular flexibility index (Phi) is 7.79. The number of ether oxygens (including phenoxy) is 1. The maximum Gasteiger partial charge on any atom is 0.308 e. The topological polar surface area (TPSA) is 29.5 Å². The van der Waals surface area contributed by atoms with Crippen molar-refractivity contribution in [3.05, 3.63) is 101 Å². The van der Waals surface area contributed by atoms with Gasteiger partial charge in [-0.3, -0.25) is 4.79 Å². The molecule has 0 radical (unpaired) electrons. The Bertz CT molecular complexity index is 1150. The predicted octanol–water partition coefficient (Wildman–Crippen LogP) is 7.55. The van der Waals surface area contributed by atoms with Crippen LogP contribution in [-0.2, 0) is 9.53 Å². The second-order valence-electron chi connectivity index (χ2n) is 9.09. The number of allylic oxidation sites excluding steroid dienone is 5. The second kappa shape index (κ2) is 11.0. The Morgan fingerprint density at radius 3 is 2.47 bits per heavy atom. The van der Waals surface area contributed by atoms with Gasteiger partial charge in [-0.05, 0) is 79.5 Å². The molecular weight excluding hydrogens is 438 g/mol. The van der Waals surface area contributed by atoms with E-state index < -0.39 is 0 Å². The first-order valence-corrected chi connectivity index (χ1v) is 12.7. The van der Waals surface area contributed by atoms with E-state index in [9.17, 15) is 4.79 Å². The summed E-state index contributed by atoms with van der Waals surface area (Å²) < 4.78 is 5.00. The van der Waals surface area contributed by atoms with Gasteiger partial charge in [-0.1, -0.05) is 60.8 Å². The van der Waals surface area contributed by atoms with Crippen molar-refractivity contribution >= 4 is 29.0 Å². The van der Waals surface area contributed by atoms with E-state index in [2.05, 4.69) is 98.4 Å².